The summed E-state index contributed by atoms with van der Waals surface area (Å²) in [4.78, 5) is 6.86. The summed E-state index contributed by atoms with van der Waals surface area (Å²) in [5.74, 6) is 1.76. The Morgan fingerprint density at radius 2 is 1.83 bits per heavy atom. The molecule has 2 heterocycles. The Hall–Kier alpha value is -1.61. The highest BCUT2D eigenvalue weighted by Gasteiger charge is 2.24. The summed E-state index contributed by atoms with van der Waals surface area (Å²) in [6.07, 6.45) is 13.9. The highest BCUT2D eigenvalue weighted by Crippen LogP contribution is 2.28. The first-order valence-corrected chi connectivity index (χ1v) is 9.61. The average molecular weight is 323 g/mol. The first-order chi connectivity index (χ1) is 11.9. The van der Waals surface area contributed by atoms with E-state index in [4.69, 9.17) is 0 Å². The van der Waals surface area contributed by atoms with Crippen LogP contribution in [-0.4, -0.2) is 34.1 Å². The zero-order valence-corrected chi connectivity index (χ0v) is 14.6. The molecule has 1 unspecified atom stereocenters. The summed E-state index contributed by atoms with van der Waals surface area (Å²) in [5.41, 5.74) is 3.19. The number of hydrogen-bond donors (Lipinski definition) is 0. The molecule has 24 heavy (non-hydrogen) atoms. The zero-order chi connectivity index (χ0) is 16.2. The van der Waals surface area contributed by atoms with Gasteiger partial charge in [-0.1, -0.05) is 24.3 Å². The van der Waals surface area contributed by atoms with Crippen LogP contribution in [0.15, 0.2) is 43.0 Å². The van der Waals surface area contributed by atoms with E-state index in [2.05, 4.69) is 44.9 Å². The molecule has 0 amide bonds. The zero-order valence-electron chi connectivity index (χ0n) is 14.6. The third kappa shape index (κ3) is 3.89. The number of fused-ring (bicyclic) bond motifs is 1. The van der Waals surface area contributed by atoms with Crippen LogP contribution in [0.25, 0.3) is 0 Å². The molecule has 1 aromatic carbocycles. The van der Waals surface area contributed by atoms with Crippen LogP contribution < -0.4 is 0 Å². The predicted octanol–water partition coefficient (Wildman–Crippen LogP) is 3.79. The van der Waals surface area contributed by atoms with Crippen LogP contribution >= 0.6 is 0 Å². The molecule has 1 aliphatic carbocycles. The van der Waals surface area contributed by atoms with E-state index in [0.717, 1.165) is 18.4 Å². The molecule has 1 aromatic heterocycles. The minimum absolute atomic E-state index is 0.863. The van der Waals surface area contributed by atoms with E-state index in [1.807, 2.05) is 12.5 Å². The van der Waals surface area contributed by atoms with Gasteiger partial charge in [0.2, 0.25) is 0 Å². The van der Waals surface area contributed by atoms with Gasteiger partial charge in [0, 0.05) is 25.5 Å². The van der Waals surface area contributed by atoms with Gasteiger partial charge in [0.05, 0.1) is 6.33 Å². The summed E-state index contributed by atoms with van der Waals surface area (Å²) < 4.78 is 2.21. The fourth-order valence-electron chi connectivity index (χ4n) is 4.50. The molecule has 2 aliphatic rings. The predicted molar refractivity (Wildman–Crippen MR) is 98.0 cm³/mol. The molecular formula is C21H29N3. The maximum Gasteiger partial charge on any atom is 0.0945 e. The largest absolute Gasteiger partial charge is 0.337 e. The van der Waals surface area contributed by atoms with Crippen LogP contribution in [0.1, 0.15) is 36.8 Å². The van der Waals surface area contributed by atoms with Crippen molar-refractivity contribution in [1.29, 1.82) is 0 Å². The summed E-state index contributed by atoms with van der Waals surface area (Å²) in [7, 11) is 0. The first kappa shape index (κ1) is 15.9. The van der Waals surface area contributed by atoms with Gasteiger partial charge >= 0.3 is 0 Å². The molecule has 0 spiro atoms. The minimum atomic E-state index is 0.863. The molecule has 3 nitrogen and oxygen atoms in total. The van der Waals surface area contributed by atoms with E-state index in [0.29, 0.717) is 0 Å². The van der Waals surface area contributed by atoms with Crippen LogP contribution in [0, 0.1) is 11.8 Å². The topological polar surface area (TPSA) is 21.1 Å². The quantitative estimate of drug-likeness (QED) is 0.835. The number of likely N-dealkylation sites (tertiary alicyclic amines) is 1. The van der Waals surface area contributed by atoms with Gasteiger partial charge in [0.15, 0.2) is 0 Å². The van der Waals surface area contributed by atoms with Crippen LogP contribution in [0.4, 0.5) is 0 Å². The number of aryl methyl sites for hydroxylation is 2. The highest BCUT2D eigenvalue weighted by atomic mass is 15.1. The number of imidazole rings is 1. The molecule has 1 aliphatic heterocycles. The fourth-order valence-corrected chi connectivity index (χ4v) is 4.50. The van der Waals surface area contributed by atoms with Gasteiger partial charge in [-0.2, -0.15) is 0 Å². The molecule has 1 saturated heterocycles. The maximum atomic E-state index is 4.13. The van der Waals surface area contributed by atoms with Crippen LogP contribution in [0.5, 0.6) is 0 Å². The van der Waals surface area contributed by atoms with Crippen molar-refractivity contribution in [2.45, 2.75) is 45.1 Å². The van der Waals surface area contributed by atoms with E-state index in [1.165, 1.54) is 58.2 Å². The van der Waals surface area contributed by atoms with E-state index >= 15 is 0 Å². The Morgan fingerprint density at radius 1 is 1.00 bits per heavy atom. The van der Waals surface area contributed by atoms with Crippen molar-refractivity contribution in [3.05, 3.63) is 54.1 Å². The Balaban J connectivity index is 1.21. The van der Waals surface area contributed by atoms with Gasteiger partial charge < -0.3 is 9.47 Å². The fraction of sp³-hybridized carbons (Fsp3) is 0.571. The number of benzene rings is 1. The molecule has 1 atom stereocenters. The molecule has 0 bridgehead atoms. The summed E-state index contributed by atoms with van der Waals surface area (Å²) in [6, 6.07) is 9.04. The molecule has 3 heteroatoms. The number of nitrogens with zero attached hydrogens (tertiary/aromatic N) is 3. The van der Waals surface area contributed by atoms with Crippen molar-refractivity contribution in [2.24, 2.45) is 11.8 Å². The van der Waals surface area contributed by atoms with Crippen molar-refractivity contribution in [2.75, 3.05) is 19.6 Å². The van der Waals surface area contributed by atoms with Gasteiger partial charge in [0.1, 0.15) is 0 Å². The van der Waals surface area contributed by atoms with E-state index in [9.17, 15) is 0 Å². The van der Waals surface area contributed by atoms with Gasteiger partial charge in [-0.15, -0.1) is 0 Å². The molecule has 4 rings (SSSR count). The number of hydrogen-bond acceptors (Lipinski definition) is 2. The third-order valence-corrected chi connectivity index (χ3v) is 6.03. The van der Waals surface area contributed by atoms with Gasteiger partial charge in [-0.3, -0.25) is 0 Å². The van der Waals surface area contributed by atoms with E-state index in [-0.39, 0.29) is 0 Å². The average Bonchev–Trinajstić information content (AvgIpc) is 3.15. The van der Waals surface area contributed by atoms with Crippen molar-refractivity contribution in [3.8, 4) is 0 Å². The van der Waals surface area contributed by atoms with E-state index in [1.54, 1.807) is 11.1 Å². The van der Waals surface area contributed by atoms with Gasteiger partial charge in [-0.25, -0.2) is 4.98 Å². The van der Waals surface area contributed by atoms with Crippen molar-refractivity contribution in [1.82, 2.24) is 14.5 Å². The Labute approximate surface area is 145 Å². The standard InChI is InChI=1S/C21H29N3/c1-2-4-21-15-19(5-6-20(21)3-1)16-23-11-7-18(8-12-23)9-13-24-14-10-22-17-24/h1-4,10,14,17-19H,5-9,11-13,15-16H2. The molecule has 2 aromatic rings. The maximum absolute atomic E-state index is 4.13. The summed E-state index contributed by atoms with van der Waals surface area (Å²) >= 11 is 0. The number of rotatable bonds is 5. The molecule has 0 saturated carbocycles. The summed E-state index contributed by atoms with van der Waals surface area (Å²) in [5, 5.41) is 0. The lowest BCUT2D eigenvalue weighted by Crippen LogP contribution is -2.38. The van der Waals surface area contributed by atoms with Crippen molar-refractivity contribution >= 4 is 0 Å². The molecule has 128 valence electrons. The normalized spacial score (nSPS) is 22.4. The SMILES string of the molecule is c1ccc2c(c1)CCC(CN1CCC(CCn3ccnc3)CC1)C2. The monoisotopic (exact) mass is 323 g/mol. The third-order valence-electron chi connectivity index (χ3n) is 6.03. The summed E-state index contributed by atoms with van der Waals surface area (Å²) in [6.45, 7) is 5.03. The van der Waals surface area contributed by atoms with Crippen molar-refractivity contribution < 1.29 is 0 Å². The lowest BCUT2D eigenvalue weighted by Gasteiger charge is -2.35. The van der Waals surface area contributed by atoms with Crippen LogP contribution in [0.2, 0.25) is 0 Å². The lowest BCUT2D eigenvalue weighted by atomic mass is 9.83. The first-order valence-electron chi connectivity index (χ1n) is 9.61. The van der Waals surface area contributed by atoms with Gasteiger partial charge in [0.25, 0.3) is 0 Å². The number of piperidine rings is 1. The molecular weight excluding hydrogens is 294 g/mol. The molecule has 1 fully saturated rings. The molecule has 0 radical (unpaired) electrons. The second-order valence-corrected chi connectivity index (χ2v) is 7.71. The highest BCUT2D eigenvalue weighted by molar-refractivity contribution is 5.29. The Morgan fingerprint density at radius 3 is 2.62 bits per heavy atom. The van der Waals surface area contributed by atoms with Crippen LogP contribution in [0.3, 0.4) is 0 Å². The number of aromatic nitrogens is 2. The second-order valence-electron chi connectivity index (χ2n) is 7.71. The second kappa shape index (κ2) is 7.52. The van der Waals surface area contributed by atoms with Crippen molar-refractivity contribution in [3.63, 3.8) is 0 Å². The Bertz CT molecular complexity index is 626. The minimum Gasteiger partial charge on any atom is -0.337 e. The molecule has 0 N–H and O–H groups in total. The van der Waals surface area contributed by atoms with Crippen LogP contribution in [-0.2, 0) is 19.4 Å². The lowest BCUT2D eigenvalue weighted by molar-refractivity contribution is 0.149. The van der Waals surface area contributed by atoms with Gasteiger partial charge in [-0.05, 0) is 74.6 Å². The Kier molecular flexibility index (Phi) is 4.98. The van der Waals surface area contributed by atoms with E-state index < -0.39 is 0 Å². The smallest absolute Gasteiger partial charge is 0.0945 e.